The van der Waals surface area contributed by atoms with Crippen LogP contribution >= 0.6 is 0 Å². The van der Waals surface area contributed by atoms with Gasteiger partial charge < -0.3 is 10.4 Å². The second-order valence-electron chi connectivity index (χ2n) is 2.70. The Balaban J connectivity index is 3.13. The van der Waals surface area contributed by atoms with E-state index in [0.717, 1.165) is 17.7 Å². The van der Waals surface area contributed by atoms with E-state index in [1.54, 1.807) is 0 Å². The van der Waals surface area contributed by atoms with Crippen LogP contribution in [0.5, 0.6) is 0 Å². The fourth-order valence-electron chi connectivity index (χ4n) is 1.43. The minimum absolute atomic E-state index is 0.124. The molecule has 0 aliphatic carbocycles. The maximum absolute atomic E-state index is 9.04. The number of nitrogens with one attached hydrogen (secondary N) is 1. The van der Waals surface area contributed by atoms with Crippen LogP contribution in [0, 0.1) is 0 Å². The lowest BCUT2D eigenvalue weighted by atomic mass is 10.0. The summed E-state index contributed by atoms with van der Waals surface area (Å²) in [6, 6.07) is 5.94. The molecule has 0 saturated carbocycles. The van der Waals surface area contributed by atoms with Crippen molar-refractivity contribution in [3.63, 3.8) is 0 Å². The number of hydrogen-bond acceptors (Lipinski definition) is 2. The Kier molecular flexibility index (Phi) is 3.11. The zero-order valence-electron chi connectivity index (χ0n) is 7.59. The zero-order valence-corrected chi connectivity index (χ0v) is 7.59. The fraction of sp³-hybridized carbons (Fsp3) is 0.400. The molecule has 0 bridgehead atoms. The third-order valence-electron chi connectivity index (χ3n) is 2.07. The molecule has 0 atom stereocenters. The smallest absolute Gasteiger partial charge is 0.0685 e. The molecule has 1 aromatic rings. The van der Waals surface area contributed by atoms with E-state index in [4.69, 9.17) is 5.11 Å². The van der Waals surface area contributed by atoms with Gasteiger partial charge in [0.15, 0.2) is 0 Å². The normalized spacial score (nSPS) is 9.92. The lowest BCUT2D eigenvalue weighted by Gasteiger charge is -2.10. The highest BCUT2D eigenvalue weighted by Gasteiger charge is 2.03. The van der Waals surface area contributed by atoms with Crippen LogP contribution in [0.3, 0.4) is 0 Å². The highest BCUT2D eigenvalue weighted by atomic mass is 16.3. The molecule has 0 fully saturated rings. The largest absolute Gasteiger partial charge is 0.392 e. The minimum Gasteiger partial charge on any atom is -0.392 e. The van der Waals surface area contributed by atoms with Crippen molar-refractivity contribution >= 4 is 5.69 Å². The Morgan fingerprint density at radius 1 is 1.42 bits per heavy atom. The van der Waals surface area contributed by atoms with Crippen molar-refractivity contribution in [2.75, 3.05) is 12.4 Å². The summed E-state index contributed by atoms with van der Waals surface area (Å²) in [5.74, 6) is 0. The fourth-order valence-corrected chi connectivity index (χ4v) is 1.43. The van der Waals surface area contributed by atoms with Gasteiger partial charge in [-0.2, -0.15) is 0 Å². The molecule has 0 radical (unpaired) electrons. The molecule has 2 N–H and O–H groups in total. The van der Waals surface area contributed by atoms with Crippen molar-refractivity contribution < 1.29 is 5.11 Å². The average Bonchev–Trinajstić information content (AvgIpc) is 2.16. The first-order chi connectivity index (χ1) is 5.83. The lowest BCUT2D eigenvalue weighted by molar-refractivity contribution is 0.281. The van der Waals surface area contributed by atoms with Crippen LogP contribution in [0.15, 0.2) is 18.2 Å². The molecular weight excluding hydrogens is 150 g/mol. The quantitative estimate of drug-likeness (QED) is 0.715. The van der Waals surface area contributed by atoms with E-state index in [9.17, 15) is 0 Å². The van der Waals surface area contributed by atoms with E-state index in [1.165, 1.54) is 5.56 Å². The third kappa shape index (κ3) is 1.59. The summed E-state index contributed by atoms with van der Waals surface area (Å²) in [6.45, 7) is 2.22. The van der Waals surface area contributed by atoms with E-state index >= 15 is 0 Å². The van der Waals surface area contributed by atoms with Gasteiger partial charge in [0.2, 0.25) is 0 Å². The first-order valence-corrected chi connectivity index (χ1v) is 4.22. The van der Waals surface area contributed by atoms with Crippen molar-refractivity contribution in [3.05, 3.63) is 29.3 Å². The van der Waals surface area contributed by atoms with Crippen molar-refractivity contribution in [3.8, 4) is 0 Å². The van der Waals surface area contributed by atoms with Crippen molar-refractivity contribution in [2.45, 2.75) is 20.0 Å². The molecule has 0 amide bonds. The molecule has 1 aromatic carbocycles. The molecule has 0 heterocycles. The first kappa shape index (κ1) is 9.07. The van der Waals surface area contributed by atoms with E-state index < -0.39 is 0 Å². The standard InChI is InChI=1S/C10H15NO/c1-3-9-8(7-12)5-4-6-10(9)11-2/h4-6,11-12H,3,7H2,1-2H3. The Morgan fingerprint density at radius 3 is 2.67 bits per heavy atom. The molecule has 12 heavy (non-hydrogen) atoms. The van der Waals surface area contributed by atoms with Gasteiger partial charge in [-0.1, -0.05) is 19.1 Å². The van der Waals surface area contributed by atoms with Crippen LogP contribution in [-0.2, 0) is 13.0 Å². The minimum atomic E-state index is 0.124. The summed E-state index contributed by atoms with van der Waals surface area (Å²) in [6.07, 6.45) is 0.951. The second kappa shape index (κ2) is 4.12. The van der Waals surface area contributed by atoms with Gasteiger partial charge in [0.25, 0.3) is 0 Å². The van der Waals surface area contributed by atoms with Gasteiger partial charge in [-0.05, 0) is 23.6 Å². The van der Waals surface area contributed by atoms with Gasteiger partial charge in [-0.3, -0.25) is 0 Å². The summed E-state index contributed by atoms with van der Waals surface area (Å²) in [4.78, 5) is 0. The van der Waals surface area contributed by atoms with Crippen LogP contribution < -0.4 is 5.32 Å². The topological polar surface area (TPSA) is 32.3 Å². The molecule has 0 aliphatic heterocycles. The molecule has 2 nitrogen and oxygen atoms in total. The van der Waals surface area contributed by atoms with E-state index in [1.807, 2.05) is 25.2 Å². The molecule has 2 heteroatoms. The van der Waals surface area contributed by atoms with Gasteiger partial charge in [-0.15, -0.1) is 0 Å². The average molecular weight is 165 g/mol. The van der Waals surface area contributed by atoms with E-state index in [2.05, 4.69) is 12.2 Å². The summed E-state index contributed by atoms with van der Waals surface area (Å²) in [5.41, 5.74) is 3.34. The van der Waals surface area contributed by atoms with Crippen LogP contribution in [0.4, 0.5) is 5.69 Å². The van der Waals surface area contributed by atoms with E-state index in [-0.39, 0.29) is 6.61 Å². The number of rotatable bonds is 3. The van der Waals surface area contributed by atoms with Crippen LogP contribution in [-0.4, -0.2) is 12.2 Å². The Morgan fingerprint density at radius 2 is 2.17 bits per heavy atom. The molecular formula is C10H15NO. The summed E-state index contributed by atoms with van der Waals surface area (Å²) >= 11 is 0. The third-order valence-corrected chi connectivity index (χ3v) is 2.07. The monoisotopic (exact) mass is 165 g/mol. The maximum atomic E-state index is 9.04. The van der Waals surface area contributed by atoms with Gasteiger partial charge in [0.1, 0.15) is 0 Å². The SMILES string of the molecule is CCc1c(CO)cccc1NC. The van der Waals surface area contributed by atoms with Gasteiger partial charge >= 0.3 is 0 Å². The number of aliphatic hydroxyl groups excluding tert-OH is 1. The Bertz CT molecular complexity index is 236. The number of hydrogen-bond donors (Lipinski definition) is 2. The predicted molar refractivity (Wildman–Crippen MR) is 51.3 cm³/mol. The van der Waals surface area contributed by atoms with Crippen molar-refractivity contribution in [2.24, 2.45) is 0 Å². The highest BCUT2D eigenvalue weighted by molar-refractivity contribution is 5.54. The molecule has 0 aliphatic rings. The number of anilines is 1. The molecule has 66 valence electrons. The van der Waals surface area contributed by atoms with Gasteiger partial charge in [0, 0.05) is 12.7 Å². The molecule has 0 unspecified atom stereocenters. The van der Waals surface area contributed by atoms with Gasteiger partial charge in [-0.25, -0.2) is 0 Å². The maximum Gasteiger partial charge on any atom is 0.0685 e. The van der Waals surface area contributed by atoms with Crippen LogP contribution in [0.1, 0.15) is 18.1 Å². The van der Waals surface area contributed by atoms with E-state index in [0.29, 0.717) is 0 Å². The van der Waals surface area contributed by atoms with Crippen molar-refractivity contribution in [1.29, 1.82) is 0 Å². The van der Waals surface area contributed by atoms with Crippen molar-refractivity contribution in [1.82, 2.24) is 0 Å². The summed E-state index contributed by atoms with van der Waals surface area (Å²) < 4.78 is 0. The zero-order chi connectivity index (χ0) is 8.97. The lowest BCUT2D eigenvalue weighted by Crippen LogP contribution is -1.99. The predicted octanol–water partition coefficient (Wildman–Crippen LogP) is 1.78. The van der Waals surface area contributed by atoms with Crippen LogP contribution in [0.25, 0.3) is 0 Å². The van der Waals surface area contributed by atoms with Gasteiger partial charge in [0.05, 0.1) is 6.61 Å². The molecule has 0 saturated heterocycles. The second-order valence-corrected chi connectivity index (χ2v) is 2.70. The first-order valence-electron chi connectivity index (χ1n) is 4.22. The molecule has 0 aromatic heterocycles. The number of benzene rings is 1. The molecule has 0 spiro atoms. The van der Waals surface area contributed by atoms with Crippen LogP contribution in [0.2, 0.25) is 0 Å². The highest BCUT2D eigenvalue weighted by Crippen LogP contribution is 2.19. The Labute approximate surface area is 73.2 Å². The summed E-state index contributed by atoms with van der Waals surface area (Å²) in [7, 11) is 1.90. The number of aliphatic hydroxyl groups is 1. The Hall–Kier alpha value is -1.02. The molecule has 1 rings (SSSR count). The summed E-state index contributed by atoms with van der Waals surface area (Å²) in [5, 5.41) is 12.2.